The fourth-order valence-electron chi connectivity index (χ4n) is 2.24. The second-order valence-electron chi connectivity index (χ2n) is 3.90. The molecule has 0 N–H and O–H groups in total. The number of rotatable bonds is 3. The Morgan fingerprint density at radius 3 is 2.67 bits per heavy atom. The number of benzene rings is 1. The van der Waals surface area contributed by atoms with Crippen LogP contribution in [0.5, 0.6) is 0 Å². The molecule has 0 aliphatic heterocycles. The molecule has 3 heteroatoms. The van der Waals surface area contributed by atoms with Gasteiger partial charge < -0.3 is 0 Å². The van der Waals surface area contributed by atoms with Crippen molar-refractivity contribution in [2.75, 3.05) is 0 Å². The van der Waals surface area contributed by atoms with Crippen LogP contribution >= 0.6 is 17.0 Å². The van der Waals surface area contributed by atoms with Crippen LogP contribution < -0.4 is 0 Å². The van der Waals surface area contributed by atoms with Crippen molar-refractivity contribution in [1.29, 1.82) is 0 Å². The standard InChI is InChI=1S/C12H13.2ClH.Zr/c1-2-5-10-8-9-11-6-3-4-7-12(10)11;;;/h3-4,6-9H,2,5H2,1H3;2*1H;/q;;;+2/p-2. The first kappa shape index (κ1) is 11.9. The Kier molecular flexibility index (Phi) is 3.76. The number of hydrogen-bond donors (Lipinski definition) is 0. The van der Waals surface area contributed by atoms with Crippen molar-refractivity contribution in [2.45, 2.75) is 22.9 Å². The summed E-state index contributed by atoms with van der Waals surface area (Å²) in [6.07, 6.45) is 6.64. The van der Waals surface area contributed by atoms with Crippen LogP contribution in [-0.2, 0) is 22.5 Å². The Hall–Kier alpha value is 0.423. The zero-order valence-corrected chi connectivity index (χ0v) is 12.6. The molecule has 0 bridgehead atoms. The maximum absolute atomic E-state index is 6.36. The monoisotopic (exact) mass is 317 g/mol. The van der Waals surface area contributed by atoms with E-state index >= 15 is 0 Å². The van der Waals surface area contributed by atoms with Gasteiger partial charge in [-0.3, -0.25) is 0 Å². The van der Waals surface area contributed by atoms with Crippen molar-refractivity contribution in [3.05, 3.63) is 41.5 Å². The second kappa shape index (κ2) is 4.74. The molecule has 1 aliphatic carbocycles. The normalized spacial score (nSPS) is 22.9. The minimum atomic E-state index is -2.33. The van der Waals surface area contributed by atoms with Gasteiger partial charge in [-0.05, 0) is 0 Å². The van der Waals surface area contributed by atoms with E-state index in [0.717, 1.165) is 12.8 Å². The molecule has 1 aromatic carbocycles. The predicted molar refractivity (Wildman–Crippen MR) is 63.8 cm³/mol. The van der Waals surface area contributed by atoms with Gasteiger partial charge in [0, 0.05) is 0 Å². The van der Waals surface area contributed by atoms with Crippen molar-refractivity contribution in [3.8, 4) is 0 Å². The summed E-state index contributed by atoms with van der Waals surface area (Å²) < 4.78 is 0.0245. The Labute approximate surface area is 106 Å². The van der Waals surface area contributed by atoms with Gasteiger partial charge in [0.05, 0.1) is 0 Å². The van der Waals surface area contributed by atoms with Gasteiger partial charge in [0.25, 0.3) is 0 Å². The third kappa shape index (κ3) is 1.99. The number of fused-ring (bicyclic) bond motifs is 1. The first-order chi connectivity index (χ1) is 7.20. The molecule has 2 rings (SSSR count). The van der Waals surface area contributed by atoms with Crippen LogP contribution in [0.4, 0.5) is 0 Å². The van der Waals surface area contributed by atoms with Crippen molar-refractivity contribution < 1.29 is 19.4 Å². The summed E-state index contributed by atoms with van der Waals surface area (Å²) in [7, 11) is 12.7. The topological polar surface area (TPSA) is 0 Å². The summed E-state index contributed by atoms with van der Waals surface area (Å²) in [4.78, 5) is 0. The molecule has 0 saturated heterocycles. The number of halogens is 2. The molecule has 0 fully saturated rings. The Morgan fingerprint density at radius 2 is 2.00 bits per heavy atom. The Bertz CT molecular complexity index is 387. The zero-order valence-electron chi connectivity index (χ0n) is 8.63. The van der Waals surface area contributed by atoms with Crippen LogP contribution in [0.1, 0.15) is 30.9 Å². The molecule has 79 valence electrons. The summed E-state index contributed by atoms with van der Waals surface area (Å²) in [5.74, 6) is 0. The van der Waals surface area contributed by atoms with Crippen molar-refractivity contribution in [2.24, 2.45) is 0 Å². The molecule has 1 unspecified atom stereocenters. The van der Waals surface area contributed by atoms with Crippen molar-refractivity contribution in [3.63, 3.8) is 0 Å². The molecule has 0 nitrogen and oxygen atoms in total. The van der Waals surface area contributed by atoms with E-state index in [4.69, 9.17) is 17.0 Å². The third-order valence-electron chi connectivity index (χ3n) is 2.97. The molecule has 1 aromatic rings. The number of hydrogen-bond acceptors (Lipinski definition) is 0. The molecular formula is C12H13Cl2Zr. The third-order valence-corrected chi connectivity index (χ3v) is 10.3. The number of allylic oxidation sites excluding steroid dienone is 1. The van der Waals surface area contributed by atoms with Crippen LogP contribution in [0.25, 0.3) is 6.08 Å². The molecule has 0 spiro atoms. The fourth-order valence-corrected chi connectivity index (χ4v) is 7.96. The average Bonchev–Trinajstić information content (AvgIpc) is 2.60. The SMILES string of the molecule is CCC[C]1([Zr]([Cl])[Cl])C=Cc2ccccc21. The zero-order chi connectivity index (χ0) is 10.9. The van der Waals surface area contributed by atoms with Crippen LogP contribution in [-0.4, -0.2) is 0 Å². The van der Waals surface area contributed by atoms with E-state index in [1.54, 1.807) is 0 Å². The van der Waals surface area contributed by atoms with E-state index in [2.05, 4.69) is 43.3 Å². The van der Waals surface area contributed by atoms with Gasteiger partial charge in [0.1, 0.15) is 0 Å². The van der Waals surface area contributed by atoms with Gasteiger partial charge in [0.15, 0.2) is 0 Å². The summed E-state index contributed by atoms with van der Waals surface area (Å²) in [5, 5.41) is 0. The molecule has 0 amide bonds. The first-order valence-electron chi connectivity index (χ1n) is 5.18. The summed E-state index contributed by atoms with van der Waals surface area (Å²) in [5.41, 5.74) is 2.65. The molecule has 1 atom stereocenters. The Balaban J connectivity index is 2.49. The van der Waals surface area contributed by atoms with Gasteiger partial charge in [-0.15, -0.1) is 0 Å². The van der Waals surface area contributed by atoms with Gasteiger partial charge in [0.2, 0.25) is 0 Å². The van der Waals surface area contributed by atoms with Crippen molar-refractivity contribution in [1.82, 2.24) is 0 Å². The molecule has 15 heavy (non-hydrogen) atoms. The van der Waals surface area contributed by atoms with E-state index < -0.39 is 19.4 Å². The van der Waals surface area contributed by atoms with E-state index in [-0.39, 0.29) is 3.12 Å². The molecule has 0 radical (unpaired) electrons. The van der Waals surface area contributed by atoms with Crippen molar-refractivity contribution >= 4 is 23.1 Å². The predicted octanol–water partition coefficient (Wildman–Crippen LogP) is 4.63. The van der Waals surface area contributed by atoms with E-state index in [1.807, 2.05) is 0 Å². The van der Waals surface area contributed by atoms with Gasteiger partial charge >= 0.3 is 107 Å². The van der Waals surface area contributed by atoms with Crippen LogP contribution in [0.2, 0.25) is 0 Å². The first-order valence-corrected chi connectivity index (χ1v) is 12.7. The summed E-state index contributed by atoms with van der Waals surface area (Å²) >= 11 is -2.33. The van der Waals surface area contributed by atoms with Gasteiger partial charge in [-0.1, -0.05) is 0 Å². The summed E-state index contributed by atoms with van der Waals surface area (Å²) in [6, 6.07) is 8.46. The molecule has 0 saturated carbocycles. The van der Waals surface area contributed by atoms with Gasteiger partial charge in [-0.2, -0.15) is 0 Å². The van der Waals surface area contributed by atoms with E-state index in [9.17, 15) is 0 Å². The van der Waals surface area contributed by atoms with Crippen LogP contribution in [0.15, 0.2) is 30.3 Å². The second-order valence-corrected chi connectivity index (χ2v) is 13.0. The fraction of sp³-hybridized carbons (Fsp3) is 0.333. The average molecular weight is 319 g/mol. The molecular weight excluding hydrogens is 306 g/mol. The van der Waals surface area contributed by atoms with Crippen LogP contribution in [0.3, 0.4) is 0 Å². The van der Waals surface area contributed by atoms with Crippen LogP contribution in [0, 0.1) is 0 Å². The molecule has 0 aromatic heterocycles. The minimum absolute atomic E-state index is 0.0245. The van der Waals surface area contributed by atoms with E-state index in [1.165, 1.54) is 11.1 Å². The molecule has 0 heterocycles. The quantitative estimate of drug-likeness (QED) is 0.762. The van der Waals surface area contributed by atoms with E-state index in [0.29, 0.717) is 0 Å². The Morgan fingerprint density at radius 1 is 1.27 bits per heavy atom. The summed E-state index contributed by atoms with van der Waals surface area (Å²) in [6.45, 7) is 2.19. The van der Waals surface area contributed by atoms with Gasteiger partial charge in [-0.25, -0.2) is 0 Å². The molecule has 1 aliphatic rings. The maximum atomic E-state index is 6.36.